The van der Waals surface area contributed by atoms with E-state index in [4.69, 9.17) is 0 Å². The van der Waals surface area contributed by atoms with Crippen molar-refractivity contribution in [2.45, 2.75) is 18.4 Å². The van der Waals surface area contributed by atoms with Gasteiger partial charge in [0.2, 0.25) is 0 Å². The maximum Gasteiger partial charge on any atom is 0.337 e. The van der Waals surface area contributed by atoms with Crippen molar-refractivity contribution in [3.63, 3.8) is 0 Å². The van der Waals surface area contributed by atoms with Gasteiger partial charge in [0, 0.05) is 5.56 Å². The summed E-state index contributed by atoms with van der Waals surface area (Å²) in [5, 5.41) is 13.6. The highest BCUT2D eigenvalue weighted by Gasteiger charge is 2.36. The number of fused-ring (bicyclic) bond motifs is 1. The van der Waals surface area contributed by atoms with Gasteiger partial charge in [-0.2, -0.15) is 0 Å². The molecule has 0 aromatic heterocycles. The van der Waals surface area contributed by atoms with Crippen molar-refractivity contribution in [2.75, 3.05) is 13.7 Å². The van der Waals surface area contributed by atoms with Crippen LogP contribution in [0.3, 0.4) is 0 Å². The molecule has 0 spiro atoms. The maximum absolute atomic E-state index is 12.3. The SMILES string of the molecule is COC(=O)c1ccc(C(=O)NCC2(O)CCc3ccccc32)cc1. The third-order valence-electron chi connectivity index (χ3n) is 4.44. The minimum absolute atomic E-state index is 0.154. The van der Waals surface area contributed by atoms with Gasteiger partial charge in [0.15, 0.2) is 0 Å². The molecule has 2 aromatic rings. The Morgan fingerprint density at radius 3 is 2.50 bits per heavy atom. The number of hydrogen-bond donors (Lipinski definition) is 2. The topological polar surface area (TPSA) is 75.6 Å². The van der Waals surface area contributed by atoms with Crippen molar-refractivity contribution in [1.29, 1.82) is 0 Å². The molecule has 124 valence electrons. The van der Waals surface area contributed by atoms with Crippen LogP contribution in [0.2, 0.25) is 0 Å². The molecule has 1 amide bonds. The predicted molar refractivity (Wildman–Crippen MR) is 88.8 cm³/mol. The Morgan fingerprint density at radius 2 is 1.79 bits per heavy atom. The monoisotopic (exact) mass is 325 g/mol. The van der Waals surface area contributed by atoms with Crippen molar-refractivity contribution in [3.05, 3.63) is 70.8 Å². The number of rotatable bonds is 4. The first kappa shape index (κ1) is 16.2. The molecule has 0 saturated heterocycles. The highest BCUT2D eigenvalue weighted by Crippen LogP contribution is 2.36. The molecule has 24 heavy (non-hydrogen) atoms. The molecule has 5 heteroatoms. The van der Waals surface area contributed by atoms with Crippen LogP contribution in [0.15, 0.2) is 48.5 Å². The molecule has 0 radical (unpaired) electrons. The number of benzene rings is 2. The summed E-state index contributed by atoms with van der Waals surface area (Å²) in [6, 6.07) is 14.0. The molecule has 2 N–H and O–H groups in total. The summed E-state index contributed by atoms with van der Waals surface area (Å²) in [5.41, 5.74) is 1.79. The number of aliphatic hydroxyl groups is 1. The molecule has 1 unspecified atom stereocenters. The summed E-state index contributed by atoms with van der Waals surface area (Å²) in [5.74, 6) is -0.733. The van der Waals surface area contributed by atoms with E-state index in [1.807, 2.05) is 24.3 Å². The number of nitrogens with one attached hydrogen (secondary N) is 1. The van der Waals surface area contributed by atoms with Crippen molar-refractivity contribution < 1.29 is 19.4 Å². The first-order valence-electron chi connectivity index (χ1n) is 7.81. The number of esters is 1. The van der Waals surface area contributed by atoms with Gasteiger partial charge in [0.05, 0.1) is 19.2 Å². The molecule has 1 atom stereocenters. The standard InChI is InChI=1S/C19H19NO4/c1-24-18(22)15-8-6-14(7-9-15)17(21)20-12-19(23)11-10-13-4-2-3-5-16(13)19/h2-9,23H,10-12H2,1H3,(H,20,21). The normalized spacial score (nSPS) is 18.8. The summed E-state index contributed by atoms with van der Waals surface area (Å²) in [7, 11) is 1.31. The van der Waals surface area contributed by atoms with E-state index in [1.165, 1.54) is 7.11 Å². The van der Waals surface area contributed by atoms with Crippen LogP contribution >= 0.6 is 0 Å². The lowest BCUT2D eigenvalue weighted by Gasteiger charge is -2.24. The van der Waals surface area contributed by atoms with Crippen molar-refractivity contribution >= 4 is 11.9 Å². The van der Waals surface area contributed by atoms with Gasteiger partial charge in [-0.25, -0.2) is 4.79 Å². The molecule has 3 rings (SSSR count). The minimum Gasteiger partial charge on any atom is -0.465 e. The van der Waals surface area contributed by atoms with Gasteiger partial charge in [-0.3, -0.25) is 4.79 Å². The van der Waals surface area contributed by atoms with Crippen LogP contribution < -0.4 is 5.32 Å². The van der Waals surface area contributed by atoms with E-state index >= 15 is 0 Å². The van der Waals surface area contributed by atoms with Gasteiger partial charge < -0.3 is 15.2 Å². The van der Waals surface area contributed by atoms with Crippen LogP contribution in [0.25, 0.3) is 0 Å². The molecule has 1 aliphatic carbocycles. The highest BCUT2D eigenvalue weighted by molar-refractivity contribution is 5.96. The minimum atomic E-state index is -1.03. The zero-order chi connectivity index (χ0) is 17.2. The first-order valence-corrected chi connectivity index (χ1v) is 7.81. The number of ether oxygens (including phenoxy) is 1. The Morgan fingerprint density at radius 1 is 1.12 bits per heavy atom. The number of aryl methyl sites for hydroxylation is 1. The number of carbonyl (C=O) groups excluding carboxylic acids is 2. The van der Waals surface area contributed by atoms with Crippen LogP contribution in [0, 0.1) is 0 Å². The summed E-state index contributed by atoms with van der Waals surface area (Å²) >= 11 is 0. The van der Waals surface area contributed by atoms with Crippen LogP contribution in [-0.4, -0.2) is 30.6 Å². The van der Waals surface area contributed by atoms with E-state index in [2.05, 4.69) is 10.1 Å². The van der Waals surface area contributed by atoms with Gasteiger partial charge in [-0.05, 0) is 48.2 Å². The summed E-state index contributed by atoms with van der Waals surface area (Å²) < 4.78 is 4.63. The lowest BCUT2D eigenvalue weighted by molar-refractivity contribution is 0.0369. The lowest BCUT2D eigenvalue weighted by Crippen LogP contribution is -2.39. The van der Waals surface area contributed by atoms with Crippen LogP contribution in [0.1, 0.15) is 38.3 Å². The maximum atomic E-state index is 12.3. The third kappa shape index (κ3) is 3.03. The van der Waals surface area contributed by atoms with Gasteiger partial charge in [-0.15, -0.1) is 0 Å². The second kappa shape index (κ2) is 6.45. The van der Waals surface area contributed by atoms with Crippen molar-refractivity contribution in [3.8, 4) is 0 Å². The highest BCUT2D eigenvalue weighted by atomic mass is 16.5. The number of methoxy groups -OCH3 is 1. The summed E-state index contributed by atoms with van der Waals surface area (Å²) in [6.45, 7) is 0.154. The zero-order valence-electron chi connectivity index (χ0n) is 13.4. The van der Waals surface area contributed by atoms with Crippen LogP contribution in [0.4, 0.5) is 0 Å². The Bertz CT molecular complexity index is 769. The Balaban J connectivity index is 1.67. The fraction of sp³-hybridized carbons (Fsp3) is 0.263. The van der Waals surface area contributed by atoms with E-state index in [0.29, 0.717) is 17.5 Å². The van der Waals surface area contributed by atoms with Gasteiger partial charge >= 0.3 is 5.97 Å². The van der Waals surface area contributed by atoms with Gasteiger partial charge in [0.25, 0.3) is 5.91 Å². The van der Waals surface area contributed by atoms with E-state index in [1.54, 1.807) is 24.3 Å². The Hall–Kier alpha value is -2.66. The molecule has 0 saturated carbocycles. The molecule has 0 fully saturated rings. The molecular formula is C19H19NO4. The Kier molecular flexibility index (Phi) is 4.36. The lowest BCUT2D eigenvalue weighted by atomic mass is 9.96. The average Bonchev–Trinajstić information content (AvgIpc) is 2.97. The predicted octanol–water partition coefficient (Wildman–Crippen LogP) is 2.04. The fourth-order valence-electron chi connectivity index (χ4n) is 3.06. The number of hydrogen-bond acceptors (Lipinski definition) is 4. The smallest absolute Gasteiger partial charge is 0.337 e. The first-order chi connectivity index (χ1) is 11.5. The van der Waals surface area contributed by atoms with E-state index in [9.17, 15) is 14.7 Å². The molecule has 0 bridgehead atoms. The molecule has 2 aromatic carbocycles. The number of carbonyl (C=O) groups is 2. The van der Waals surface area contributed by atoms with Gasteiger partial charge in [-0.1, -0.05) is 24.3 Å². The van der Waals surface area contributed by atoms with Crippen molar-refractivity contribution in [1.82, 2.24) is 5.32 Å². The molecule has 5 nitrogen and oxygen atoms in total. The summed E-state index contributed by atoms with van der Waals surface area (Å²) in [4.78, 5) is 23.7. The summed E-state index contributed by atoms with van der Waals surface area (Å²) in [6.07, 6.45) is 1.39. The van der Waals surface area contributed by atoms with E-state index in [0.717, 1.165) is 17.5 Å². The third-order valence-corrected chi connectivity index (χ3v) is 4.44. The van der Waals surface area contributed by atoms with E-state index in [-0.39, 0.29) is 12.5 Å². The van der Waals surface area contributed by atoms with Crippen LogP contribution in [0.5, 0.6) is 0 Å². The second-order valence-corrected chi connectivity index (χ2v) is 5.94. The average molecular weight is 325 g/mol. The largest absolute Gasteiger partial charge is 0.465 e. The fourth-order valence-corrected chi connectivity index (χ4v) is 3.06. The van der Waals surface area contributed by atoms with Crippen molar-refractivity contribution in [2.24, 2.45) is 0 Å². The van der Waals surface area contributed by atoms with E-state index < -0.39 is 11.6 Å². The molecule has 0 aliphatic heterocycles. The Labute approximate surface area is 140 Å². The van der Waals surface area contributed by atoms with Crippen LogP contribution in [-0.2, 0) is 16.8 Å². The van der Waals surface area contributed by atoms with Gasteiger partial charge in [0.1, 0.15) is 5.60 Å². The quantitative estimate of drug-likeness (QED) is 0.844. The number of amides is 1. The molecule has 1 aliphatic rings. The molecular weight excluding hydrogens is 306 g/mol. The second-order valence-electron chi connectivity index (χ2n) is 5.94. The molecule has 0 heterocycles. The zero-order valence-corrected chi connectivity index (χ0v) is 13.4.